The third kappa shape index (κ3) is 17.2. The van der Waals surface area contributed by atoms with E-state index in [9.17, 15) is 40.5 Å². The zero-order valence-corrected chi connectivity index (χ0v) is 26.8. The third-order valence-electron chi connectivity index (χ3n) is 5.54. The molecule has 0 amide bonds. The largest absolute Gasteiger partial charge is 0.508 e. The van der Waals surface area contributed by atoms with Gasteiger partial charge in [0.2, 0.25) is 0 Å². The normalized spacial score (nSPS) is 9.53. The fraction of sp³-hybridized carbons (Fsp3) is 0.250. The highest BCUT2D eigenvalue weighted by Crippen LogP contribution is 2.19. The lowest BCUT2D eigenvalue weighted by Gasteiger charge is -2.02. The number of hydrogen-bond acceptors (Lipinski definition) is 13. The van der Waals surface area contributed by atoms with Crippen molar-refractivity contribution in [1.29, 1.82) is 0 Å². The molecule has 4 aromatic rings. The van der Waals surface area contributed by atoms with Crippen molar-refractivity contribution in [3.8, 4) is 23.0 Å². The summed E-state index contributed by atoms with van der Waals surface area (Å²) in [6.45, 7) is 6.13. The summed E-state index contributed by atoms with van der Waals surface area (Å²) >= 11 is 0. The van der Waals surface area contributed by atoms with Crippen molar-refractivity contribution < 1.29 is 39.0 Å². The molecule has 0 spiro atoms. The third-order valence-corrected chi connectivity index (χ3v) is 5.54. The van der Waals surface area contributed by atoms with Gasteiger partial charge in [-0.05, 0) is 61.4 Å². The van der Waals surface area contributed by atoms with Gasteiger partial charge in [0.1, 0.15) is 29.6 Å². The standard InChI is InChI=1S/2C9H11NO3.C8H10N2O3.C6H5NO3/c2*1-2-7-13-9-5-3-8(4-6-9)10(11)12;9-5-6-13-8-3-1-7(2-4-8)10(11)12;8-6-3-1-5(2-4-6)7(9)10/h2*3-6H,2,7H2,1H3;1-4H,5-6,9H2;1-4,8H. The molecule has 0 heterocycles. The van der Waals surface area contributed by atoms with Gasteiger partial charge < -0.3 is 25.1 Å². The summed E-state index contributed by atoms with van der Waals surface area (Å²) < 4.78 is 15.7. The van der Waals surface area contributed by atoms with Crippen molar-refractivity contribution in [2.45, 2.75) is 26.7 Å². The summed E-state index contributed by atoms with van der Waals surface area (Å²) in [6.07, 6.45) is 1.86. The highest BCUT2D eigenvalue weighted by Gasteiger charge is 2.05. The lowest BCUT2D eigenvalue weighted by molar-refractivity contribution is -0.385. The van der Waals surface area contributed by atoms with Crippen LogP contribution < -0.4 is 19.9 Å². The summed E-state index contributed by atoms with van der Waals surface area (Å²) in [5, 5.41) is 49.6. The molecule has 49 heavy (non-hydrogen) atoms. The number of non-ortho nitro benzene ring substituents is 4. The number of benzene rings is 4. The van der Waals surface area contributed by atoms with E-state index >= 15 is 0 Å². The van der Waals surface area contributed by atoms with E-state index in [0.29, 0.717) is 43.6 Å². The summed E-state index contributed by atoms with van der Waals surface area (Å²) in [4.78, 5) is 39.1. The van der Waals surface area contributed by atoms with Gasteiger partial charge in [-0.2, -0.15) is 0 Å². The number of hydrogen-bond donors (Lipinski definition) is 2. The highest BCUT2D eigenvalue weighted by atomic mass is 16.6. The van der Waals surface area contributed by atoms with Crippen LogP contribution in [0.3, 0.4) is 0 Å². The molecule has 0 radical (unpaired) electrons. The number of phenolic OH excluding ortho intramolecular Hbond substituents is 1. The second-order valence-corrected chi connectivity index (χ2v) is 9.36. The lowest BCUT2D eigenvalue weighted by Crippen LogP contribution is -2.10. The summed E-state index contributed by atoms with van der Waals surface area (Å²) in [5.74, 6) is 1.97. The van der Waals surface area contributed by atoms with Crippen molar-refractivity contribution in [2.75, 3.05) is 26.4 Å². The Morgan fingerprint density at radius 1 is 0.490 bits per heavy atom. The molecule has 4 rings (SSSR count). The molecule has 0 aliphatic rings. The first kappa shape index (κ1) is 40.7. The maximum atomic E-state index is 10.3. The molecule has 3 N–H and O–H groups in total. The van der Waals surface area contributed by atoms with E-state index < -0.39 is 19.7 Å². The van der Waals surface area contributed by atoms with Crippen LogP contribution in [0.1, 0.15) is 26.7 Å². The van der Waals surface area contributed by atoms with Crippen LogP contribution in [0.15, 0.2) is 97.1 Å². The molecule has 0 saturated carbocycles. The zero-order chi connectivity index (χ0) is 36.6. The second kappa shape index (κ2) is 23.0. The Kier molecular flexibility index (Phi) is 19.1. The van der Waals surface area contributed by atoms with Crippen LogP contribution in [0, 0.1) is 40.5 Å². The Labute approximate surface area is 281 Å². The van der Waals surface area contributed by atoms with Crippen LogP contribution >= 0.6 is 0 Å². The maximum absolute atomic E-state index is 10.3. The van der Waals surface area contributed by atoms with Gasteiger partial charge in [0, 0.05) is 55.1 Å². The van der Waals surface area contributed by atoms with Crippen molar-refractivity contribution in [1.82, 2.24) is 0 Å². The Bertz CT molecular complexity index is 1420. The van der Waals surface area contributed by atoms with E-state index in [1.165, 1.54) is 60.7 Å². The number of phenols is 1. The van der Waals surface area contributed by atoms with Gasteiger partial charge in [-0.15, -0.1) is 0 Å². The first-order valence-corrected chi connectivity index (χ1v) is 14.7. The van der Waals surface area contributed by atoms with Gasteiger partial charge in [-0.1, -0.05) is 13.8 Å². The number of nitro groups is 4. The topological polar surface area (TPSA) is 246 Å². The minimum absolute atomic E-state index is 0.0159. The number of ether oxygens (including phenoxy) is 3. The van der Waals surface area contributed by atoms with Gasteiger partial charge in [0.15, 0.2) is 0 Å². The van der Waals surface area contributed by atoms with Gasteiger partial charge >= 0.3 is 0 Å². The Morgan fingerprint density at radius 3 is 0.959 bits per heavy atom. The van der Waals surface area contributed by atoms with E-state index in [2.05, 4.69) is 0 Å². The molecule has 0 unspecified atom stereocenters. The fourth-order valence-corrected chi connectivity index (χ4v) is 3.18. The number of rotatable bonds is 13. The molecule has 17 heteroatoms. The van der Waals surface area contributed by atoms with Crippen molar-refractivity contribution >= 4 is 22.7 Å². The first-order valence-electron chi connectivity index (χ1n) is 14.7. The van der Waals surface area contributed by atoms with E-state index in [-0.39, 0.29) is 28.5 Å². The van der Waals surface area contributed by atoms with Gasteiger partial charge in [-0.3, -0.25) is 40.5 Å². The van der Waals surface area contributed by atoms with Crippen LogP contribution in [-0.2, 0) is 0 Å². The van der Waals surface area contributed by atoms with Crippen LogP contribution in [-0.4, -0.2) is 51.2 Å². The zero-order valence-electron chi connectivity index (χ0n) is 26.8. The van der Waals surface area contributed by atoms with E-state index in [1.54, 1.807) is 36.4 Å². The van der Waals surface area contributed by atoms with E-state index in [1.807, 2.05) is 13.8 Å². The predicted octanol–water partition coefficient (Wildman–Crippen LogP) is 7.00. The highest BCUT2D eigenvalue weighted by molar-refractivity contribution is 5.38. The molecular weight excluding hydrogens is 646 g/mol. The summed E-state index contributed by atoms with van der Waals surface area (Å²) in [7, 11) is 0. The number of nitrogens with two attached hydrogens (primary N) is 1. The smallest absolute Gasteiger partial charge is 0.269 e. The average molecular weight is 684 g/mol. The summed E-state index contributed by atoms with van der Waals surface area (Å²) in [5.41, 5.74) is 5.43. The SMILES string of the molecule is CCCOc1ccc([N+](=O)[O-])cc1.CCCOc1ccc([N+](=O)[O-])cc1.NCCOc1ccc([N+](=O)[O-])cc1.O=[N+]([O-])c1ccc(O)cc1. The predicted molar refractivity (Wildman–Crippen MR) is 180 cm³/mol. The Hall–Kier alpha value is -6.36. The van der Waals surface area contributed by atoms with Crippen LogP contribution in [0.2, 0.25) is 0 Å². The first-order chi connectivity index (χ1) is 23.4. The fourth-order valence-electron chi connectivity index (χ4n) is 3.18. The number of nitro benzene ring substituents is 4. The van der Waals surface area contributed by atoms with Crippen molar-refractivity contribution in [3.05, 3.63) is 138 Å². The van der Waals surface area contributed by atoms with Crippen LogP contribution in [0.4, 0.5) is 22.7 Å². The minimum atomic E-state index is -0.514. The number of aromatic hydroxyl groups is 1. The Balaban J connectivity index is 0.000000328. The molecule has 0 fully saturated rings. The molecule has 4 aromatic carbocycles. The van der Waals surface area contributed by atoms with Crippen molar-refractivity contribution in [2.24, 2.45) is 5.73 Å². The molecular formula is C32H37N5O12. The minimum Gasteiger partial charge on any atom is -0.508 e. The number of nitrogens with zero attached hydrogens (tertiary/aromatic N) is 4. The van der Waals surface area contributed by atoms with Gasteiger partial charge in [0.25, 0.3) is 22.7 Å². The molecule has 0 saturated heterocycles. The molecule has 17 nitrogen and oxygen atoms in total. The van der Waals surface area contributed by atoms with Crippen molar-refractivity contribution in [3.63, 3.8) is 0 Å². The average Bonchev–Trinajstić information content (AvgIpc) is 3.10. The molecule has 0 aromatic heterocycles. The van der Waals surface area contributed by atoms with Gasteiger partial charge in [0.05, 0.1) is 32.9 Å². The summed E-state index contributed by atoms with van der Waals surface area (Å²) in [6, 6.07) is 23.1. The van der Waals surface area contributed by atoms with E-state index in [4.69, 9.17) is 25.1 Å². The second-order valence-electron chi connectivity index (χ2n) is 9.36. The quantitative estimate of drug-likeness (QED) is 0.106. The molecule has 0 aliphatic heterocycles. The van der Waals surface area contributed by atoms with Crippen LogP contribution in [0.5, 0.6) is 23.0 Å². The molecule has 262 valence electrons. The molecule has 0 bridgehead atoms. The molecule has 0 aliphatic carbocycles. The maximum Gasteiger partial charge on any atom is 0.269 e. The monoisotopic (exact) mass is 683 g/mol. The van der Waals surface area contributed by atoms with E-state index in [0.717, 1.165) is 12.8 Å². The van der Waals surface area contributed by atoms with Gasteiger partial charge in [-0.25, -0.2) is 0 Å². The lowest BCUT2D eigenvalue weighted by atomic mass is 10.3. The Morgan fingerprint density at radius 2 is 0.735 bits per heavy atom. The molecule has 0 atom stereocenters. The van der Waals surface area contributed by atoms with Crippen LogP contribution in [0.25, 0.3) is 0 Å².